The van der Waals surface area contributed by atoms with Crippen LogP contribution in [0, 0.1) is 6.92 Å². The first kappa shape index (κ1) is 9.01. The van der Waals surface area contributed by atoms with Gasteiger partial charge < -0.3 is 0 Å². The molecule has 1 rings (SSSR count). The highest BCUT2D eigenvalue weighted by molar-refractivity contribution is 6.82. The molecule has 0 spiro atoms. The summed E-state index contributed by atoms with van der Waals surface area (Å²) in [4.78, 5) is 0. The van der Waals surface area contributed by atoms with Gasteiger partial charge in [-0.1, -0.05) is 46.4 Å². The van der Waals surface area contributed by atoms with E-state index in [-0.39, 0.29) is 0 Å². The highest BCUT2D eigenvalue weighted by Gasteiger charge is 2.05. The quantitative estimate of drug-likeness (QED) is 0.614. The van der Waals surface area contributed by atoms with E-state index in [2.05, 4.69) is 55.7 Å². The minimum Gasteiger partial charge on any atom is -0.107 e. The molecule has 0 aliphatic rings. The van der Waals surface area contributed by atoms with E-state index in [1.54, 1.807) is 0 Å². The van der Waals surface area contributed by atoms with E-state index in [9.17, 15) is 0 Å². The summed E-state index contributed by atoms with van der Waals surface area (Å²) in [6.45, 7) is 9.82. The fourth-order valence-electron chi connectivity index (χ4n) is 1.31. The van der Waals surface area contributed by atoms with Gasteiger partial charge in [0.1, 0.15) is 8.80 Å². The molecular weight excluding hydrogens is 160 g/mol. The lowest BCUT2D eigenvalue weighted by molar-refractivity contribution is 1.51. The predicted octanol–water partition coefficient (Wildman–Crippen LogP) is 1.88. The Bertz CT molecular complexity index is 281. The summed E-state index contributed by atoms with van der Waals surface area (Å²) in [6, 6.07) is 8.46. The summed E-state index contributed by atoms with van der Waals surface area (Å²) in [6.07, 6.45) is 0. The molecule has 0 aliphatic carbocycles. The molecule has 0 saturated carbocycles. The SMILES string of the molecule is C=C[SiH](C=C)c1ccccc1C. The van der Waals surface area contributed by atoms with E-state index in [0.29, 0.717) is 0 Å². The van der Waals surface area contributed by atoms with E-state index in [0.717, 1.165) is 0 Å². The van der Waals surface area contributed by atoms with Gasteiger partial charge in [-0.3, -0.25) is 0 Å². The summed E-state index contributed by atoms with van der Waals surface area (Å²) in [7, 11) is -1.06. The van der Waals surface area contributed by atoms with Gasteiger partial charge in [0, 0.05) is 0 Å². The van der Waals surface area contributed by atoms with Gasteiger partial charge in [0.05, 0.1) is 0 Å². The molecule has 1 heteroatoms. The van der Waals surface area contributed by atoms with Crippen molar-refractivity contribution < 1.29 is 0 Å². The molecule has 0 unspecified atom stereocenters. The van der Waals surface area contributed by atoms with E-state index in [1.807, 2.05) is 0 Å². The number of hydrogen-bond acceptors (Lipinski definition) is 0. The molecule has 62 valence electrons. The van der Waals surface area contributed by atoms with Gasteiger partial charge in [0.15, 0.2) is 0 Å². The van der Waals surface area contributed by atoms with Gasteiger partial charge in [-0.05, 0) is 6.92 Å². The Labute approximate surface area is 75.9 Å². The van der Waals surface area contributed by atoms with Crippen molar-refractivity contribution in [2.45, 2.75) is 6.92 Å². The summed E-state index contributed by atoms with van der Waals surface area (Å²) < 4.78 is 0. The molecule has 0 amide bonds. The molecule has 0 atom stereocenters. The zero-order valence-electron chi connectivity index (χ0n) is 7.46. The van der Waals surface area contributed by atoms with Gasteiger partial charge in [0.2, 0.25) is 0 Å². The van der Waals surface area contributed by atoms with Crippen LogP contribution >= 0.6 is 0 Å². The zero-order chi connectivity index (χ0) is 8.97. The average molecular weight is 174 g/mol. The van der Waals surface area contributed by atoms with Gasteiger partial charge in [-0.2, -0.15) is 0 Å². The predicted molar refractivity (Wildman–Crippen MR) is 58.4 cm³/mol. The third-order valence-electron chi connectivity index (χ3n) is 2.06. The van der Waals surface area contributed by atoms with Gasteiger partial charge in [-0.15, -0.1) is 13.2 Å². The highest BCUT2D eigenvalue weighted by Crippen LogP contribution is 1.97. The van der Waals surface area contributed by atoms with Crippen LogP contribution in [0.2, 0.25) is 0 Å². The number of benzene rings is 1. The summed E-state index contributed by atoms with van der Waals surface area (Å²) in [5.41, 5.74) is 5.46. The minimum atomic E-state index is -1.06. The Hall–Kier alpha value is -1.08. The van der Waals surface area contributed by atoms with Crippen LogP contribution in [-0.2, 0) is 0 Å². The van der Waals surface area contributed by atoms with Crippen LogP contribution < -0.4 is 5.19 Å². The first-order valence-electron chi connectivity index (χ1n) is 4.10. The lowest BCUT2D eigenvalue weighted by atomic mass is 10.2. The first-order valence-corrected chi connectivity index (χ1v) is 6.01. The molecule has 0 aliphatic heterocycles. The van der Waals surface area contributed by atoms with Crippen molar-refractivity contribution in [2.75, 3.05) is 0 Å². The summed E-state index contributed by atoms with van der Waals surface area (Å²) >= 11 is 0. The van der Waals surface area contributed by atoms with Crippen molar-refractivity contribution in [1.29, 1.82) is 0 Å². The Morgan fingerprint density at radius 2 is 1.75 bits per heavy atom. The molecule has 1 aromatic carbocycles. The van der Waals surface area contributed by atoms with E-state index >= 15 is 0 Å². The second-order valence-corrected chi connectivity index (χ2v) is 5.47. The summed E-state index contributed by atoms with van der Waals surface area (Å²) in [5.74, 6) is 0. The molecule has 0 radical (unpaired) electrons. The smallest absolute Gasteiger partial charge is 0.107 e. The number of aryl methyl sites for hydroxylation is 1. The van der Waals surface area contributed by atoms with E-state index < -0.39 is 8.80 Å². The lowest BCUT2D eigenvalue weighted by Gasteiger charge is -2.08. The summed E-state index contributed by atoms with van der Waals surface area (Å²) in [5, 5.41) is 1.43. The van der Waals surface area contributed by atoms with Crippen LogP contribution in [0.4, 0.5) is 0 Å². The minimum absolute atomic E-state index is 1.06. The molecule has 0 heterocycles. The van der Waals surface area contributed by atoms with Crippen LogP contribution in [-0.4, -0.2) is 8.80 Å². The second-order valence-electron chi connectivity index (χ2n) is 2.85. The molecule has 1 aromatic rings. The molecule has 0 bridgehead atoms. The van der Waals surface area contributed by atoms with Crippen molar-refractivity contribution in [2.24, 2.45) is 0 Å². The molecule has 12 heavy (non-hydrogen) atoms. The Balaban J connectivity index is 3.08. The number of rotatable bonds is 3. The maximum Gasteiger partial charge on any atom is 0.116 e. The molecule has 0 nitrogen and oxygen atoms in total. The largest absolute Gasteiger partial charge is 0.116 e. The Kier molecular flexibility index (Phi) is 3.06. The molecule has 0 saturated heterocycles. The molecule has 0 N–H and O–H groups in total. The first-order chi connectivity index (χ1) is 5.79. The Morgan fingerprint density at radius 3 is 2.25 bits per heavy atom. The van der Waals surface area contributed by atoms with Crippen molar-refractivity contribution >= 4 is 14.0 Å². The fourth-order valence-corrected chi connectivity index (χ4v) is 2.97. The van der Waals surface area contributed by atoms with Crippen LogP contribution in [0.25, 0.3) is 0 Å². The van der Waals surface area contributed by atoms with Crippen LogP contribution in [0.3, 0.4) is 0 Å². The van der Waals surface area contributed by atoms with Crippen molar-refractivity contribution in [1.82, 2.24) is 0 Å². The van der Waals surface area contributed by atoms with Gasteiger partial charge in [-0.25, -0.2) is 0 Å². The monoisotopic (exact) mass is 174 g/mol. The van der Waals surface area contributed by atoms with Gasteiger partial charge in [0.25, 0.3) is 0 Å². The highest BCUT2D eigenvalue weighted by atomic mass is 28.3. The average Bonchev–Trinajstić information content (AvgIpc) is 2.10. The molecule has 0 aromatic heterocycles. The third-order valence-corrected chi connectivity index (χ3v) is 4.44. The van der Waals surface area contributed by atoms with Crippen molar-refractivity contribution in [3.8, 4) is 0 Å². The topological polar surface area (TPSA) is 0 Å². The van der Waals surface area contributed by atoms with Crippen LogP contribution in [0.5, 0.6) is 0 Å². The van der Waals surface area contributed by atoms with Crippen molar-refractivity contribution in [3.63, 3.8) is 0 Å². The second kappa shape index (κ2) is 4.07. The van der Waals surface area contributed by atoms with Crippen LogP contribution in [0.1, 0.15) is 5.56 Å². The van der Waals surface area contributed by atoms with Gasteiger partial charge >= 0.3 is 0 Å². The maximum atomic E-state index is 3.84. The van der Waals surface area contributed by atoms with Crippen LogP contribution in [0.15, 0.2) is 48.8 Å². The Morgan fingerprint density at radius 1 is 1.17 bits per heavy atom. The standard InChI is InChI=1S/C11H14Si/c1-4-12(5-2)11-9-7-6-8-10(11)3/h4-9,12H,1-2H2,3H3. The molecule has 0 fully saturated rings. The van der Waals surface area contributed by atoms with E-state index in [4.69, 9.17) is 0 Å². The molecular formula is C11H14Si. The zero-order valence-corrected chi connectivity index (χ0v) is 8.61. The normalized spacial score (nSPS) is 9.83. The van der Waals surface area contributed by atoms with Crippen molar-refractivity contribution in [3.05, 3.63) is 54.4 Å². The fraction of sp³-hybridized carbons (Fsp3) is 0.0909. The third kappa shape index (κ3) is 1.74. The van der Waals surface area contributed by atoms with E-state index in [1.165, 1.54) is 10.8 Å². The number of hydrogen-bond donors (Lipinski definition) is 0. The lowest BCUT2D eigenvalue weighted by Crippen LogP contribution is -2.27. The maximum absolute atomic E-state index is 3.84.